The number of hydrogen-bond acceptors (Lipinski definition) is 6. The molecule has 9 heteroatoms. The number of esters is 1. The van der Waals surface area contributed by atoms with Crippen LogP contribution < -0.4 is 0 Å². The molecule has 0 N–H and O–H groups in total. The van der Waals surface area contributed by atoms with Gasteiger partial charge in [0.1, 0.15) is 0 Å². The zero-order valence-electron chi connectivity index (χ0n) is 17.8. The van der Waals surface area contributed by atoms with E-state index in [0.29, 0.717) is 28.3 Å². The molecule has 0 saturated heterocycles. The fourth-order valence-electron chi connectivity index (χ4n) is 2.70. The van der Waals surface area contributed by atoms with Crippen molar-refractivity contribution >= 4 is 29.5 Å². The number of pyridine rings is 1. The highest BCUT2D eigenvalue weighted by molar-refractivity contribution is 6.33. The molecule has 0 radical (unpaired) electrons. The maximum absolute atomic E-state index is 13.0. The second kappa shape index (κ2) is 10.5. The van der Waals surface area contributed by atoms with E-state index in [1.54, 1.807) is 30.5 Å². The fourth-order valence-corrected chi connectivity index (χ4v) is 2.91. The van der Waals surface area contributed by atoms with Gasteiger partial charge in [0.05, 0.1) is 29.0 Å². The molecule has 0 unspecified atom stereocenters. The van der Waals surface area contributed by atoms with E-state index in [4.69, 9.17) is 21.6 Å². The van der Waals surface area contributed by atoms with Crippen molar-refractivity contribution in [3.05, 3.63) is 52.7 Å². The molecule has 162 valence electrons. The fraction of sp³-hybridized carbons (Fsp3) is 0.318. The van der Waals surface area contributed by atoms with E-state index in [1.165, 1.54) is 26.4 Å². The highest BCUT2D eigenvalue weighted by atomic mass is 35.5. The van der Waals surface area contributed by atoms with E-state index in [-0.39, 0.29) is 18.0 Å². The summed E-state index contributed by atoms with van der Waals surface area (Å²) >= 11 is 6.25. The first-order valence-corrected chi connectivity index (χ1v) is 9.91. The average molecular weight is 443 g/mol. The lowest BCUT2D eigenvalue weighted by Crippen LogP contribution is -2.43. The molecule has 1 aromatic heterocycles. The number of aromatic nitrogens is 1. The third-order valence-corrected chi connectivity index (χ3v) is 4.85. The van der Waals surface area contributed by atoms with Crippen LogP contribution in [0.5, 0.6) is 0 Å². The van der Waals surface area contributed by atoms with Crippen molar-refractivity contribution in [1.29, 1.82) is 5.26 Å². The van der Waals surface area contributed by atoms with Crippen LogP contribution in [0, 0.1) is 17.4 Å². The summed E-state index contributed by atoms with van der Waals surface area (Å²) in [6.07, 6.45) is 3.65. The van der Waals surface area contributed by atoms with E-state index >= 15 is 0 Å². The van der Waals surface area contributed by atoms with Gasteiger partial charge in [-0.25, -0.2) is 14.5 Å². The molecule has 0 fully saturated rings. The largest absolute Gasteiger partial charge is 0.465 e. The van der Waals surface area contributed by atoms with Crippen molar-refractivity contribution < 1.29 is 19.1 Å². The third kappa shape index (κ3) is 5.80. The van der Waals surface area contributed by atoms with E-state index in [2.05, 4.69) is 4.98 Å². The van der Waals surface area contributed by atoms with Crippen LogP contribution in [-0.2, 0) is 4.74 Å². The monoisotopic (exact) mass is 442 g/mol. The van der Waals surface area contributed by atoms with Gasteiger partial charge in [-0.05, 0) is 42.7 Å². The maximum atomic E-state index is 13.0. The molecule has 0 atom stereocenters. The van der Waals surface area contributed by atoms with Crippen LogP contribution in [0.1, 0.15) is 41.0 Å². The number of methoxy groups -OCH3 is 1. The molecule has 0 aliphatic heterocycles. The van der Waals surface area contributed by atoms with Crippen molar-refractivity contribution in [1.82, 2.24) is 14.8 Å². The van der Waals surface area contributed by atoms with Gasteiger partial charge in [0, 0.05) is 25.4 Å². The number of nitriles is 1. The van der Waals surface area contributed by atoms with Gasteiger partial charge in [0.15, 0.2) is 6.19 Å². The third-order valence-electron chi connectivity index (χ3n) is 4.52. The number of ether oxygens (including phenoxy) is 1. The molecule has 0 saturated carbocycles. The number of benzene rings is 1. The molecule has 1 aromatic carbocycles. The van der Waals surface area contributed by atoms with E-state index in [0.717, 1.165) is 9.80 Å². The van der Waals surface area contributed by atoms with Gasteiger partial charge < -0.3 is 4.74 Å². The average Bonchev–Trinajstić information content (AvgIpc) is 2.78. The Labute approximate surface area is 186 Å². The van der Waals surface area contributed by atoms with Crippen LogP contribution in [0.2, 0.25) is 5.02 Å². The Morgan fingerprint density at radius 2 is 1.87 bits per heavy atom. The Hall–Kier alpha value is -3.44. The number of hydrogen-bond donors (Lipinski definition) is 0. The van der Waals surface area contributed by atoms with Gasteiger partial charge in [0.2, 0.25) is 0 Å². The summed E-state index contributed by atoms with van der Waals surface area (Å²) in [5, 5.41) is 9.39. The Bertz CT molecular complexity index is 1020. The Balaban J connectivity index is 2.34. The van der Waals surface area contributed by atoms with E-state index in [1.807, 2.05) is 13.8 Å². The van der Waals surface area contributed by atoms with Crippen LogP contribution in [0.3, 0.4) is 0 Å². The lowest BCUT2D eigenvalue weighted by molar-refractivity contribution is 0.0600. The minimum atomic E-state index is -0.703. The van der Waals surface area contributed by atoms with Crippen LogP contribution in [-0.4, -0.2) is 53.4 Å². The number of urea groups is 1. The Morgan fingerprint density at radius 1 is 1.19 bits per heavy atom. The summed E-state index contributed by atoms with van der Waals surface area (Å²) in [5.41, 5.74) is 1.45. The first-order valence-electron chi connectivity index (χ1n) is 9.53. The lowest BCUT2D eigenvalue weighted by Gasteiger charge is -2.23. The second-order valence-corrected chi connectivity index (χ2v) is 7.61. The molecule has 8 nitrogen and oxygen atoms in total. The molecule has 3 amide bonds. The first-order chi connectivity index (χ1) is 14.7. The molecule has 0 spiro atoms. The lowest BCUT2D eigenvalue weighted by atomic mass is 10.1. The SMILES string of the molecule is COC(=O)c1ccc(Cl)c(-c2ccc(C(=O)N(CCC(C)C)C(=O)N(C)C#N)cn2)c1. The molecular formula is C22H23ClN4O4. The van der Waals surface area contributed by atoms with Crippen LogP contribution >= 0.6 is 11.6 Å². The molecule has 0 aliphatic rings. The van der Waals surface area contributed by atoms with Gasteiger partial charge in [0.25, 0.3) is 5.91 Å². The summed E-state index contributed by atoms with van der Waals surface area (Å²) in [6.45, 7) is 4.13. The molecule has 2 rings (SSSR count). The van der Waals surface area contributed by atoms with Crippen LogP contribution in [0.15, 0.2) is 36.5 Å². The maximum Gasteiger partial charge on any atom is 0.339 e. The van der Waals surface area contributed by atoms with Crippen LogP contribution in [0.25, 0.3) is 11.3 Å². The van der Waals surface area contributed by atoms with Gasteiger partial charge in [-0.3, -0.25) is 14.7 Å². The zero-order valence-corrected chi connectivity index (χ0v) is 18.5. The zero-order chi connectivity index (χ0) is 23.1. The summed E-state index contributed by atoms with van der Waals surface area (Å²) in [7, 11) is 2.58. The summed E-state index contributed by atoms with van der Waals surface area (Å²) in [4.78, 5) is 43.4. The Kier molecular flexibility index (Phi) is 8.11. The number of imide groups is 1. The van der Waals surface area contributed by atoms with Crippen molar-refractivity contribution in [2.45, 2.75) is 20.3 Å². The summed E-state index contributed by atoms with van der Waals surface area (Å²) in [5.74, 6) is -0.799. The molecule has 1 heterocycles. The molecular weight excluding hydrogens is 420 g/mol. The molecule has 2 aromatic rings. The number of halogens is 1. The van der Waals surface area contributed by atoms with Crippen molar-refractivity contribution in [3.8, 4) is 17.5 Å². The van der Waals surface area contributed by atoms with Crippen molar-refractivity contribution in [2.75, 3.05) is 20.7 Å². The van der Waals surface area contributed by atoms with Gasteiger partial charge in [-0.2, -0.15) is 5.26 Å². The summed E-state index contributed by atoms with van der Waals surface area (Å²) in [6, 6.07) is 7.06. The van der Waals surface area contributed by atoms with Crippen molar-refractivity contribution in [2.24, 2.45) is 5.92 Å². The predicted molar refractivity (Wildman–Crippen MR) is 115 cm³/mol. The number of rotatable bonds is 6. The second-order valence-electron chi connectivity index (χ2n) is 7.20. The van der Waals surface area contributed by atoms with E-state index in [9.17, 15) is 14.4 Å². The number of carbonyl (C=O) groups excluding carboxylic acids is 3. The quantitative estimate of drug-likeness (QED) is 0.377. The van der Waals surface area contributed by atoms with Gasteiger partial charge in [-0.1, -0.05) is 25.4 Å². The number of carbonyl (C=O) groups is 3. The minimum Gasteiger partial charge on any atom is -0.465 e. The smallest absolute Gasteiger partial charge is 0.339 e. The summed E-state index contributed by atoms with van der Waals surface area (Å²) < 4.78 is 4.72. The van der Waals surface area contributed by atoms with Gasteiger partial charge >= 0.3 is 12.0 Å². The minimum absolute atomic E-state index is 0.177. The highest BCUT2D eigenvalue weighted by Gasteiger charge is 2.26. The predicted octanol–water partition coefficient (Wildman–Crippen LogP) is 4.21. The first kappa shape index (κ1) is 23.8. The number of amides is 3. The van der Waals surface area contributed by atoms with Gasteiger partial charge in [-0.15, -0.1) is 0 Å². The topological polar surface area (TPSA) is 104 Å². The molecule has 31 heavy (non-hydrogen) atoms. The standard InChI is InChI=1S/C22H23ClN4O4/c1-14(2)9-10-27(22(30)26(3)13-24)20(28)16-6-8-19(25-12-16)17-11-15(21(29)31-4)5-7-18(17)23/h5-8,11-12,14H,9-10H2,1-4H3. The van der Waals surface area contributed by atoms with Crippen LogP contribution in [0.4, 0.5) is 4.79 Å². The Morgan fingerprint density at radius 3 is 2.42 bits per heavy atom. The highest BCUT2D eigenvalue weighted by Crippen LogP contribution is 2.28. The van der Waals surface area contributed by atoms with Crippen molar-refractivity contribution in [3.63, 3.8) is 0 Å². The van der Waals surface area contributed by atoms with E-state index < -0.39 is 17.9 Å². The molecule has 0 aliphatic carbocycles. The molecule has 0 bridgehead atoms. The normalized spacial score (nSPS) is 10.4. The number of nitrogens with zero attached hydrogens (tertiary/aromatic N) is 4.